The van der Waals surface area contributed by atoms with Crippen molar-refractivity contribution >= 4 is 5.97 Å². The van der Waals surface area contributed by atoms with Crippen LogP contribution in [0.5, 0.6) is 0 Å². The maximum absolute atomic E-state index is 12.4. The molecule has 0 bridgehead atoms. The number of pyridine rings is 1. The number of alkyl halides is 3. The maximum Gasteiger partial charge on any atom is 0.403 e. The van der Waals surface area contributed by atoms with Gasteiger partial charge in [0.25, 0.3) is 5.56 Å². The molecule has 1 unspecified atom stereocenters. The van der Waals surface area contributed by atoms with Crippen molar-refractivity contribution in [1.82, 2.24) is 4.57 Å². The van der Waals surface area contributed by atoms with E-state index in [4.69, 9.17) is 5.11 Å². The number of carboxylic acids is 1. The fourth-order valence-electron chi connectivity index (χ4n) is 1.36. The Morgan fingerprint density at radius 3 is 2.47 bits per heavy atom. The van der Waals surface area contributed by atoms with Gasteiger partial charge >= 0.3 is 12.1 Å². The lowest BCUT2D eigenvalue weighted by atomic mass is 10.1. The molecule has 0 spiro atoms. The molecule has 1 atom stereocenters. The van der Waals surface area contributed by atoms with Gasteiger partial charge in [0.15, 0.2) is 5.92 Å². The predicted octanol–water partition coefficient (Wildman–Crippen LogP) is 1.42. The zero-order valence-corrected chi connectivity index (χ0v) is 8.86. The number of carboxylic acid groups (broad SMARTS) is 1. The number of carbonyl (C=O) groups is 1. The highest BCUT2D eigenvalue weighted by Crippen LogP contribution is 2.27. The van der Waals surface area contributed by atoms with Crippen LogP contribution in [0.3, 0.4) is 0 Å². The highest BCUT2D eigenvalue weighted by atomic mass is 19.4. The van der Waals surface area contributed by atoms with Crippen molar-refractivity contribution in [3.05, 3.63) is 34.2 Å². The first-order valence-corrected chi connectivity index (χ1v) is 4.69. The van der Waals surface area contributed by atoms with E-state index in [0.29, 0.717) is 0 Å². The molecule has 1 rings (SSSR count). The SMILES string of the molecule is Cc1cccc(=O)n1CC(C(=O)O)C(F)(F)F. The van der Waals surface area contributed by atoms with Crippen molar-refractivity contribution < 1.29 is 23.1 Å². The summed E-state index contributed by atoms with van der Waals surface area (Å²) in [5.41, 5.74) is -0.367. The maximum atomic E-state index is 12.4. The molecule has 0 aliphatic carbocycles. The van der Waals surface area contributed by atoms with Gasteiger partial charge in [-0.15, -0.1) is 0 Å². The number of aryl methyl sites for hydroxylation is 1. The summed E-state index contributed by atoms with van der Waals surface area (Å²) in [4.78, 5) is 21.9. The Bertz CT molecular complexity index is 478. The molecule has 0 saturated carbocycles. The van der Waals surface area contributed by atoms with E-state index in [1.807, 2.05) is 0 Å². The summed E-state index contributed by atoms with van der Waals surface area (Å²) in [6, 6.07) is 3.93. The molecule has 0 aromatic carbocycles. The van der Waals surface area contributed by atoms with Gasteiger partial charge in [-0.3, -0.25) is 9.59 Å². The first-order valence-electron chi connectivity index (χ1n) is 4.69. The molecule has 0 radical (unpaired) electrons. The van der Waals surface area contributed by atoms with Gasteiger partial charge in [0.05, 0.1) is 0 Å². The number of aliphatic carboxylic acids is 1. The van der Waals surface area contributed by atoms with Crippen molar-refractivity contribution in [2.24, 2.45) is 5.92 Å². The van der Waals surface area contributed by atoms with Crippen LogP contribution in [0.25, 0.3) is 0 Å². The minimum atomic E-state index is -4.88. The Hall–Kier alpha value is -1.79. The second-order valence-electron chi connectivity index (χ2n) is 3.55. The molecule has 1 heterocycles. The summed E-state index contributed by atoms with van der Waals surface area (Å²) in [6.45, 7) is 0.529. The normalized spacial score (nSPS) is 13.4. The van der Waals surface area contributed by atoms with Crippen molar-refractivity contribution in [1.29, 1.82) is 0 Å². The molecule has 0 amide bonds. The van der Waals surface area contributed by atoms with Crippen LogP contribution in [-0.4, -0.2) is 21.8 Å². The number of nitrogens with zero attached hydrogens (tertiary/aromatic N) is 1. The lowest BCUT2D eigenvalue weighted by Gasteiger charge is -2.18. The predicted molar refractivity (Wildman–Crippen MR) is 52.6 cm³/mol. The highest BCUT2D eigenvalue weighted by molar-refractivity contribution is 5.70. The Balaban J connectivity index is 3.11. The molecule has 1 aromatic rings. The molecule has 7 heteroatoms. The van der Waals surface area contributed by atoms with Gasteiger partial charge < -0.3 is 9.67 Å². The molecule has 1 N–H and O–H groups in total. The fraction of sp³-hybridized carbons (Fsp3) is 0.400. The van der Waals surface area contributed by atoms with E-state index in [1.165, 1.54) is 19.1 Å². The third kappa shape index (κ3) is 3.08. The van der Waals surface area contributed by atoms with Crippen molar-refractivity contribution in [3.63, 3.8) is 0 Å². The monoisotopic (exact) mass is 249 g/mol. The molecule has 1 aromatic heterocycles. The van der Waals surface area contributed by atoms with Gasteiger partial charge in [-0.1, -0.05) is 6.07 Å². The highest BCUT2D eigenvalue weighted by Gasteiger charge is 2.45. The minimum absolute atomic E-state index is 0.285. The molecular formula is C10H10F3NO3. The van der Waals surface area contributed by atoms with Gasteiger partial charge in [0.1, 0.15) is 0 Å². The largest absolute Gasteiger partial charge is 0.481 e. The summed E-state index contributed by atoms with van der Waals surface area (Å²) >= 11 is 0. The molecule has 17 heavy (non-hydrogen) atoms. The molecule has 0 fully saturated rings. The molecular weight excluding hydrogens is 239 g/mol. The standard InChI is InChI=1S/C10H10F3NO3/c1-6-3-2-4-8(15)14(6)5-7(9(16)17)10(11,12)13/h2-4,7H,5H2,1H3,(H,16,17). The lowest BCUT2D eigenvalue weighted by molar-refractivity contribution is -0.196. The molecule has 0 aliphatic heterocycles. The molecule has 0 aliphatic rings. The summed E-state index contributed by atoms with van der Waals surface area (Å²) in [7, 11) is 0. The quantitative estimate of drug-likeness (QED) is 0.881. The average molecular weight is 249 g/mol. The van der Waals surface area contributed by atoms with Gasteiger partial charge in [-0.05, 0) is 13.0 Å². The van der Waals surface area contributed by atoms with E-state index in [1.54, 1.807) is 0 Å². The number of halogens is 3. The summed E-state index contributed by atoms with van der Waals surface area (Å²) in [5, 5.41) is 8.52. The third-order valence-electron chi connectivity index (χ3n) is 2.33. The molecule has 4 nitrogen and oxygen atoms in total. The fourth-order valence-corrected chi connectivity index (χ4v) is 1.36. The number of rotatable bonds is 3. The Morgan fingerprint density at radius 2 is 2.06 bits per heavy atom. The zero-order chi connectivity index (χ0) is 13.2. The smallest absolute Gasteiger partial charge is 0.403 e. The third-order valence-corrected chi connectivity index (χ3v) is 2.33. The van der Waals surface area contributed by atoms with E-state index >= 15 is 0 Å². The van der Waals surface area contributed by atoms with Crippen molar-refractivity contribution in [2.75, 3.05) is 0 Å². The van der Waals surface area contributed by atoms with Crippen LogP contribution in [0.1, 0.15) is 5.69 Å². The molecule has 0 saturated heterocycles. The summed E-state index contributed by atoms with van der Waals surface area (Å²) in [6.07, 6.45) is -4.88. The summed E-state index contributed by atoms with van der Waals surface area (Å²) < 4.78 is 38.1. The van der Waals surface area contributed by atoms with Crippen LogP contribution in [0, 0.1) is 12.8 Å². The van der Waals surface area contributed by atoms with Gasteiger partial charge in [-0.25, -0.2) is 0 Å². The van der Waals surface area contributed by atoms with Gasteiger partial charge in [0, 0.05) is 18.3 Å². The second kappa shape index (κ2) is 4.60. The van der Waals surface area contributed by atoms with Crippen molar-refractivity contribution in [2.45, 2.75) is 19.6 Å². The van der Waals surface area contributed by atoms with Crippen LogP contribution in [-0.2, 0) is 11.3 Å². The molecule has 94 valence electrons. The first kappa shape index (κ1) is 13.3. The van der Waals surface area contributed by atoms with Crippen molar-refractivity contribution in [3.8, 4) is 0 Å². The van der Waals surface area contributed by atoms with Crippen LogP contribution in [0.15, 0.2) is 23.0 Å². The van der Waals surface area contributed by atoms with E-state index in [-0.39, 0.29) is 5.69 Å². The van der Waals surface area contributed by atoms with Crippen LogP contribution < -0.4 is 5.56 Å². The topological polar surface area (TPSA) is 59.3 Å². The average Bonchev–Trinajstić information content (AvgIpc) is 2.14. The Kier molecular flexibility index (Phi) is 3.59. The second-order valence-corrected chi connectivity index (χ2v) is 3.55. The lowest BCUT2D eigenvalue weighted by Crippen LogP contribution is -2.37. The van der Waals surface area contributed by atoms with Gasteiger partial charge in [-0.2, -0.15) is 13.2 Å². The van der Waals surface area contributed by atoms with E-state index in [2.05, 4.69) is 0 Å². The minimum Gasteiger partial charge on any atom is -0.481 e. The van der Waals surface area contributed by atoms with E-state index in [9.17, 15) is 22.8 Å². The zero-order valence-electron chi connectivity index (χ0n) is 8.86. The van der Waals surface area contributed by atoms with E-state index in [0.717, 1.165) is 10.6 Å². The van der Waals surface area contributed by atoms with E-state index < -0.39 is 30.2 Å². The first-order chi connectivity index (χ1) is 7.73. The Labute approximate surface area is 94.3 Å². The van der Waals surface area contributed by atoms with Gasteiger partial charge in [0.2, 0.25) is 0 Å². The number of hydrogen-bond acceptors (Lipinski definition) is 2. The Morgan fingerprint density at radius 1 is 1.47 bits per heavy atom. The number of hydrogen-bond donors (Lipinski definition) is 1. The number of aromatic nitrogens is 1. The summed E-state index contributed by atoms with van der Waals surface area (Å²) in [5.74, 6) is -4.58. The van der Waals surface area contributed by atoms with Crippen LogP contribution in [0.4, 0.5) is 13.2 Å². The van der Waals surface area contributed by atoms with Crippen LogP contribution in [0.2, 0.25) is 0 Å². The van der Waals surface area contributed by atoms with Crippen LogP contribution >= 0.6 is 0 Å².